The zero-order valence-electron chi connectivity index (χ0n) is 6.91. The van der Waals surface area contributed by atoms with Crippen molar-refractivity contribution in [2.75, 3.05) is 6.61 Å². The summed E-state index contributed by atoms with van der Waals surface area (Å²) < 4.78 is 7.94. The van der Waals surface area contributed by atoms with Crippen LogP contribution in [0.3, 0.4) is 0 Å². The van der Waals surface area contributed by atoms with E-state index in [0.29, 0.717) is 23.4 Å². The molecular weight excluding hydrogens is 174 g/mol. The first kappa shape index (κ1) is 7.79. The molecule has 0 spiro atoms. The maximum absolute atomic E-state index is 5.31. The molecule has 1 saturated carbocycles. The Kier molecular flexibility index (Phi) is 1.88. The molecule has 1 fully saturated rings. The summed E-state index contributed by atoms with van der Waals surface area (Å²) in [6.07, 6.45) is 2.38. The summed E-state index contributed by atoms with van der Waals surface area (Å²) >= 11 is 5.07. The number of aromatic amines is 1. The maximum Gasteiger partial charge on any atom is 0.316 e. The summed E-state index contributed by atoms with van der Waals surface area (Å²) in [5, 5.41) is 6.72. The molecule has 1 N–H and O–H groups in total. The first-order valence-corrected chi connectivity index (χ1v) is 4.53. The minimum absolute atomic E-state index is 0.526. The highest BCUT2D eigenvalue weighted by molar-refractivity contribution is 7.71. The third-order valence-corrected chi connectivity index (χ3v) is 2.15. The van der Waals surface area contributed by atoms with E-state index in [2.05, 4.69) is 10.2 Å². The van der Waals surface area contributed by atoms with Gasteiger partial charge in [-0.2, -0.15) is 0 Å². The van der Waals surface area contributed by atoms with Gasteiger partial charge in [-0.1, -0.05) is 0 Å². The molecule has 1 aliphatic rings. The normalized spacial score (nSPS) is 16.4. The second-order valence-corrected chi connectivity index (χ2v) is 3.23. The van der Waals surface area contributed by atoms with Crippen LogP contribution in [-0.4, -0.2) is 21.4 Å². The summed E-state index contributed by atoms with van der Waals surface area (Å²) in [4.78, 5) is 0. The van der Waals surface area contributed by atoms with E-state index in [1.54, 1.807) is 0 Å². The van der Waals surface area contributed by atoms with Crippen LogP contribution in [0.2, 0.25) is 0 Å². The monoisotopic (exact) mass is 185 g/mol. The Labute approximate surface area is 75.5 Å². The van der Waals surface area contributed by atoms with Gasteiger partial charge in [-0.3, -0.25) is 4.57 Å². The summed E-state index contributed by atoms with van der Waals surface area (Å²) in [5.74, 6) is 0. The second-order valence-electron chi connectivity index (χ2n) is 2.85. The van der Waals surface area contributed by atoms with Crippen LogP contribution in [-0.2, 0) is 0 Å². The molecule has 1 heterocycles. The fraction of sp³-hybridized carbons (Fsp3) is 0.714. The lowest BCUT2D eigenvalue weighted by atomic mass is 10.7. The van der Waals surface area contributed by atoms with Crippen LogP contribution in [0, 0.1) is 4.77 Å². The Morgan fingerprint density at radius 1 is 1.75 bits per heavy atom. The molecule has 0 aromatic carbocycles. The first-order chi connectivity index (χ1) is 5.83. The Balaban J connectivity index is 2.33. The standard InChI is InChI=1S/C7H11N3OS/c1-2-11-6-8-9-7(12)10(6)5-3-4-5/h5H,2-4H2,1H3,(H,9,12). The molecule has 0 saturated heterocycles. The van der Waals surface area contributed by atoms with E-state index in [9.17, 15) is 0 Å². The van der Waals surface area contributed by atoms with Crippen LogP contribution in [0.25, 0.3) is 0 Å². The molecule has 66 valence electrons. The fourth-order valence-electron chi connectivity index (χ4n) is 1.18. The highest BCUT2D eigenvalue weighted by Gasteiger charge is 2.27. The number of hydrogen-bond acceptors (Lipinski definition) is 3. The van der Waals surface area contributed by atoms with Gasteiger partial charge in [-0.25, -0.2) is 5.10 Å². The predicted molar refractivity (Wildman–Crippen MR) is 46.9 cm³/mol. The molecule has 0 amide bonds. The van der Waals surface area contributed by atoms with Crippen molar-refractivity contribution in [2.45, 2.75) is 25.8 Å². The fourth-order valence-corrected chi connectivity index (χ4v) is 1.45. The highest BCUT2D eigenvalue weighted by atomic mass is 32.1. The topological polar surface area (TPSA) is 42.8 Å². The molecule has 1 aliphatic carbocycles. The summed E-state index contributed by atoms with van der Waals surface area (Å²) in [5.41, 5.74) is 0. The van der Waals surface area contributed by atoms with Gasteiger partial charge in [-0.15, -0.1) is 5.10 Å². The molecule has 0 bridgehead atoms. The number of nitrogens with zero attached hydrogens (tertiary/aromatic N) is 2. The lowest BCUT2D eigenvalue weighted by Crippen LogP contribution is -2.01. The van der Waals surface area contributed by atoms with Gasteiger partial charge in [0, 0.05) is 6.04 Å². The molecule has 0 aliphatic heterocycles. The molecule has 2 rings (SSSR count). The number of hydrogen-bond donors (Lipinski definition) is 1. The quantitative estimate of drug-likeness (QED) is 0.728. The number of H-pyrrole nitrogens is 1. The van der Waals surface area contributed by atoms with Crippen LogP contribution in [0.5, 0.6) is 6.01 Å². The van der Waals surface area contributed by atoms with Crippen LogP contribution in [0.15, 0.2) is 0 Å². The third kappa shape index (κ3) is 1.24. The van der Waals surface area contributed by atoms with E-state index in [1.807, 2.05) is 11.5 Å². The van der Waals surface area contributed by atoms with E-state index in [4.69, 9.17) is 17.0 Å². The Hall–Kier alpha value is -0.840. The van der Waals surface area contributed by atoms with E-state index in [1.165, 1.54) is 12.8 Å². The third-order valence-electron chi connectivity index (χ3n) is 1.86. The van der Waals surface area contributed by atoms with E-state index >= 15 is 0 Å². The van der Waals surface area contributed by atoms with Crippen molar-refractivity contribution >= 4 is 12.2 Å². The van der Waals surface area contributed by atoms with Gasteiger partial charge in [0.15, 0.2) is 4.77 Å². The maximum atomic E-state index is 5.31. The zero-order chi connectivity index (χ0) is 8.55. The summed E-state index contributed by atoms with van der Waals surface area (Å²) in [7, 11) is 0. The average molecular weight is 185 g/mol. The largest absolute Gasteiger partial charge is 0.464 e. The van der Waals surface area contributed by atoms with Gasteiger partial charge in [0.25, 0.3) is 0 Å². The van der Waals surface area contributed by atoms with Crippen LogP contribution >= 0.6 is 12.2 Å². The van der Waals surface area contributed by atoms with Crippen molar-refractivity contribution in [3.63, 3.8) is 0 Å². The molecule has 0 unspecified atom stereocenters. The molecule has 4 nitrogen and oxygen atoms in total. The number of nitrogens with one attached hydrogen (secondary N) is 1. The van der Waals surface area contributed by atoms with E-state index in [0.717, 1.165) is 0 Å². The van der Waals surface area contributed by atoms with Gasteiger partial charge >= 0.3 is 6.01 Å². The minimum Gasteiger partial charge on any atom is -0.464 e. The molecule has 0 radical (unpaired) electrons. The second kappa shape index (κ2) is 2.90. The molecule has 1 aromatic heterocycles. The van der Waals surface area contributed by atoms with Crippen molar-refractivity contribution < 1.29 is 4.74 Å². The van der Waals surface area contributed by atoms with Gasteiger partial charge < -0.3 is 4.74 Å². The van der Waals surface area contributed by atoms with Gasteiger partial charge in [0.1, 0.15) is 0 Å². The molecule has 1 aromatic rings. The molecule has 5 heteroatoms. The lowest BCUT2D eigenvalue weighted by Gasteiger charge is -2.03. The van der Waals surface area contributed by atoms with Crippen molar-refractivity contribution in [1.29, 1.82) is 0 Å². The Bertz CT molecular complexity index is 326. The van der Waals surface area contributed by atoms with Crippen LogP contribution in [0.1, 0.15) is 25.8 Å². The SMILES string of the molecule is CCOc1n[nH]c(=S)n1C1CC1. The predicted octanol–water partition coefficient (Wildman–Crippen LogP) is 1.67. The number of aromatic nitrogens is 3. The smallest absolute Gasteiger partial charge is 0.316 e. The molecule has 0 atom stereocenters. The van der Waals surface area contributed by atoms with Gasteiger partial charge in [0.05, 0.1) is 6.61 Å². The lowest BCUT2D eigenvalue weighted by molar-refractivity contribution is 0.295. The average Bonchev–Trinajstić information content (AvgIpc) is 2.80. The highest BCUT2D eigenvalue weighted by Crippen LogP contribution is 2.37. The van der Waals surface area contributed by atoms with Crippen molar-refractivity contribution in [3.8, 4) is 6.01 Å². The number of rotatable bonds is 3. The number of ether oxygens (including phenoxy) is 1. The summed E-state index contributed by atoms with van der Waals surface area (Å²) in [6, 6.07) is 1.16. The zero-order valence-corrected chi connectivity index (χ0v) is 7.73. The van der Waals surface area contributed by atoms with Crippen LogP contribution in [0.4, 0.5) is 0 Å². The molecular formula is C7H11N3OS. The van der Waals surface area contributed by atoms with Gasteiger partial charge in [-0.05, 0) is 32.0 Å². The van der Waals surface area contributed by atoms with Gasteiger partial charge in [0.2, 0.25) is 0 Å². The summed E-state index contributed by atoms with van der Waals surface area (Å²) in [6.45, 7) is 2.57. The molecule has 12 heavy (non-hydrogen) atoms. The van der Waals surface area contributed by atoms with Crippen molar-refractivity contribution in [2.24, 2.45) is 0 Å². The van der Waals surface area contributed by atoms with Crippen molar-refractivity contribution in [3.05, 3.63) is 4.77 Å². The van der Waals surface area contributed by atoms with Crippen LogP contribution < -0.4 is 4.74 Å². The Morgan fingerprint density at radius 2 is 2.50 bits per heavy atom. The van der Waals surface area contributed by atoms with E-state index in [-0.39, 0.29) is 0 Å². The van der Waals surface area contributed by atoms with E-state index < -0.39 is 0 Å². The first-order valence-electron chi connectivity index (χ1n) is 4.12. The van der Waals surface area contributed by atoms with Crippen molar-refractivity contribution in [1.82, 2.24) is 14.8 Å². The minimum atomic E-state index is 0.526. The Morgan fingerprint density at radius 3 is 3.08 bits per heavy atom.